The largest absolute Gasteiger partial charge is 0.363 e. The Labute approximate surface area is 232 Å². The van der Waals surface area contributed by atoms with Crippen LogP contribution < -0.4 is 10.6 Å². The van der Waals surface area contributed by atoms with Crippen LogP contribution in [-0.2, 0) is 0 Å². The molecule has 1 aliphatic rings. The van der Waals surface area contributed by atoms with Crippen molar-refractivity contribution in [3.63, 3.8) is 0 Å². The van der Waals surface area contributed by atoms with Gasteiger partial charge in [0.15, 0.2) is 0 Å². The van der Waals surface area contributed by atoms with E-state index in [4.69, 9.17) is 9.97 Å². The Balaban J connectivity index is 1.37. The zero-order valence-electron chi connectivity index (χ0n) is 23.1. The van der Waals surface area contributed by atoms with Crippen molar-refractivity contribution in [3.05, 3.63) is 84.8 Å². The van der Waals surface area contributed by atoms with E-state index in [1.807, 2.05) is 12.3 Å². The molecule has 7 aromatic rings. The van der Waals surface area contributed by atoms with Gasteiger partial charge in [-0.2, -0.15) is 0 Å². The fourth-order valence-corrected chi connectivity index (χ4v) is 6.35. The first kappa shape index (κ1) is 23.3. The van der Waals surface area contributed by atoms with Crippen LogP contribution >= 0.6 is 0 Å². The number of benzene rings is 5. The summed E-state index contributed by atoms with van der Waals surface area (Å²) in [6.45, 7) is 8.84. The molecule has 0 bridgehead atoms. The van der Waals surface area contributed by atoms with Crippen LogP contribution in [0.25, 0.3) is 65.4 Å². The molecule has 2 aromatic heterocycles. The van der Waals surface area contributed by atoms with Gasteiger partial charge >= 0.3 is 0 Å². The van der Waals surface area contributed by atoms with Crippen molar-refractivity contribution in [2.75, 3.05) is 10.6 Å². The molecule has 0 aliphatic carbocycles. The maximum atomic E-state index is 4.97. The number of hydrogen-bond donors (Lipinski definition) is 3. The van der Waals surface area contributed by atoms with E-state index in [1.54, 1.807) is 0 Å². The zero-order chi connectivity index (χ0) is 27.1. The van der Waals surface area contributed by atoms with Gasteiger partial charge in [0.1, 0.15) is 5.82 Å². The first-order chi connectivity index (χ1) is 19.5. The Morgan fingerprint density at radius 1 is 0.625 bits per heavy atom. The van der Waals surface area contributed by atoms with Crippen molar-refractivity contribution in [2.45, 2.75) is 39.8 Å². The van der Waals surface area contributed by atoms with Gasteiger partial charge < -0.3 is 15.6 Å². The number of aromatic amines is 1. The Morgan fingerprint density at radius 3 is 2.00 bits per heavy atom. The van der Waals surface area contributed by atoms with Gasteiger partial charge in [-0.15, -0.1) is 0 Å². The lowest BCUT2D eigenvalue weighted by molar-refractivity contribution is 0.582. The minimum absolute atomic E-state index is 0.223. The molecule has 3 heterocycles. The summed E-state index contributed by atoms with van der Waals surface area (Å²) in [4.78, 5) is 13.4. The summed E-state index contributed by atoms with van der Waals surface area (Å²) in [5.74, 6) is 1.80. The number of H-pyrrole nitrogens is 1. The summed E-state index contributed by atoms with van der Waals surface area (Å²) in [5, 5.41) is 15.9. The Hall–Kier alpha value is -4.64. The van der Waals surface area contributed by atoms with Gasteiger partial charge in [-0.25, -0.2) is 4.98 Å². The van der Waals surface area contributed by atoms with Crippen LogP contribution in [0.3, 0.4) is 0 Å². The molecule has 1 unspecified atom stereocenters. The van der Waals surface area contributed by atoms with Gasteiger partial charge in [0.2, 0.25) is 0 Å². The van der Waals surface area contributed by atoms with Gasteiger partial charge in [-0.1, -0.05) is 76.2 Å². The second-order valence-corrected chi connectivity index (χ2v) is 11.7. The SMILES string of the molecule is CC(C)c1nc2c3cccnc3c3cc(-c4ccc5c6c(c7ccccc7c5c4)NC(C(C)C)N6)ccc3c2[nH]1. The monoisotopic (exact) mass is 521 g/mol. The predicted molar refractivity (Wildman–Crippen MR) is 169 cm³/mol. The summed E-state index contributed by atoms with van der Waals surface area (Å²) in [6.07, 6.45) is 2.10. The first-order valence-electron chi connectivity index (χ1n) is 14.2. The third kappa shape index (κ3) is 3.27. The van der Waals surface area contributed by atoms with E-state index in [0.29, 0.717) is 11.8 Å². The number of rotatable bonds is 3. The molecular weight excluding hydrogens is 490 g/mol. The molecule has 1 aliphatic heterocycles. The molecule has 5 aromatic carbocycles. The Kier molecular flexibility index (Phi) is 4.90. The lowest BCUT2D eigenvalue weighted by Gasteiger charge is -2.16. The van der Waals surface area contributed by atoms with Crippen molar-refractivity contribution in [1.82, 2.24) is 15.0 Å². The average molecular weight is 522 g/mol. The number of anilines is 2. The number of aromatic nitrogens is 3. The molecule has 0 radical (unpaired) electrons. The zero-order valence-corrected chi connectivity index (χ0v) is 23.1. The molecule has 0 saturated carbocycles. The summed E-state index contributed by atoms with van der Waals surface area (Å²) >= 11 is 0. The van der Waals surface area contributed by atoms with Gasteiger partial charge in [-0.05, 0) is 52.1 Å². The van der Waals surface area contributed by atoms with Gasteiger partial charge in [0, 0.05) is 39.0 Å². The summed E-state index contributed by atoms with van der Waals surface area (Å²) < 4.78 is 0. The minimum atomic E-state index is 0.223. The molecule has 40 heavy (non-hydrogen) atoms. The summed E-state index contributed by atoms with van der Waals surface area (Å²) in [6, 6.07) is 26.5. The van der Waals surface area contributed by atoms with E-state index in [1.165, 1.54) is 44.0 Å². The van der Waals surface area contributed by atoms with Crippen molar-refractivity contribution in [1.29, 1.82) is 0 Å². The van der Waals surface area contributed by atoms with Gasteiger partial charge in [0.05, 0.1) is 34.1 Å². The van der Waals surface area contributed by atoms with E-state index in [2.05, 4.69) is 110 Å². The lowest BCUT2D eigenvalue weighted by Crippen LogP contribution is -2.28. The molecule has 3 N–H and O–H groups in total. The number of nitrogens with one attached hydrogen (secondary N) is 3. The van der Waals surface area contributed by atoms with E-state index in [9.17, 15) is 0 Å². The van der Waals surface area contributed by atoms with Crippen LogP contribution in [0.1, 0.15) is 39.4 Å². The molecule has 8 rings (SSSR count). The molecule has 0 fully saturated rings. The highest BCUT2D eigenvalue weighted by Gasteiger charge is 2.26. The maximum Gasteiger partial charge on any atom is 0.109 e. The molecule has 1 atom stereocenters. The molecule has 0 saturated heterocycles. The van der Waals surface area contributed by atoms with Crippen LogP contribution in [0.5, 0.6) is 0 Å². The fraction of sp³-hybridized carbons (Fsp3) is 0.200. The number of nitrogens with zero attached hydrogens (tertiary/aromatic N) is 2. The topological polar surface area (TPSA) is 65.6 Å². The van der Waals surface area contributed by atoms with Crippen molar-refractivity contribution in [2.24, 2.45) is 5.92 Å². The van der Waals surface area contributed by atoms with Crippen molar-refractivity contribution < 1.29 is 0 Å². The molecule has 5 heteroatoms. The van der Waals surface area contributed by atoms with Crippen LogP contribution in [0.15, 0.2) is 79.0 Å². The lowest BCUT2D eigenvalue weighted by atomic mass is 9.93. The van der Waals surface area contributed by atoms with E-state index >= 15 is 0 Å². The molecule has 0 spiro atoms. The van der Waals surface area contributed by atoms with E-state index in [-0.39, 0.29) is 6.17 Å². The quantitative estimate of drug-likeness (QED) is 0.203. The standard InChI is InChI=1S/C35H31N5/c1-18(2)34-37-30-23-9-6-5-8-22(23)27-16-20(11-13-24(27)31(30)38-34)21-12-14-25-28(17-21)29-26(10-7-15-36-29)33-32(25)39-35(40-33)19(3)4/h5-19,34,37-38H,1-4H3,(H,39,40). The minimum Gasteiger partial charge on any atom is -0.363 e. The second kappa shape index (κ2) is 8.43. The smallest absolute Gasteiger partial charge is 0.109 e. The van der Waals surface area contributed by atoms with Crippen LogP contribution in [-0.4, -0.2) is 21.1 Å². The highest BCUT2D eigenvalue weighted by molar-refractivity contribution is 6.24. The number of fused-ring (bicyclic) bond motifs is 12. The summed E-state index contributed by atoms with van der Waals surface area (Å²) in [5.41, 5.74) is 7.87. The predicted octanol–water partition coefficient (Wildman–Crippen LogP) is 9.18. The third-order valence-electron chi connectivity index (χ3n) is 8.50. The third-order valence-corrected chi connectivity index (χ3v) is 8.50. The fourth-order valence-electron chi connectivity index (χ4n) is 6.35. The Bertz CT molecular complexity index is 2140. The van der Waals surface area contributed by atoms with Crippen molar-refractivity contribution >= 4 is 65.6 Å². The highest BCUT2D eigenvalue weighted by Crippen LogP contribution is 2.46. The molecule has 196 valence electrons. The normalized spacial score (nSPS) is 15.1. The van der Waals surface area contributed by atoms with E-state index < -0.39 is 0 Å². The van der Waals surface area contributed by atoms with Crippen LogP contribution in [0.2, 0.25) is 0 Å². The van der Waals surface area contributed by atoms with Crippen molar-refractivity contribution in [3.8, 4) is 11.1 Å². The Morgan fingerprint density at radius 2 is 1.27 bits per heavy atom. The number of pyridine rings is 1. The average Bonchev–Trinajstić information content (AvgIpc) is 3.64. The summed E-state index contributed by atoms with van der Waals surface area (Å²) in [7, 11) is 0. The highest BCUT2D eigenvalue weighted by atomic mass is 15.2. The first-order valence-corrected chi connectivity index (χ1v) is 14.2. The number of hydrogen-bond acceptors (Lipinski definition) is 4. The van der Waals surface area contributed by atoms with E-state index in [0.717, 1.165) is 38.5 Å². The molecular formula is C35H31N5. The maximum absolute atomic E-state index is 4.97. The molecule has 0 amide bonds. The van der Waals surface area contributed by atoms with Crippen LogP contribution in [0, 0.1) is 5.92 Å². The van der Waals surface area contributed by atoms with Gasteiger partial charge in [-0.3, -0.25) is 4.98 Å². The van der Waals surface area contributed by atoms with Crippen LogP contribution in [0.4, 0.5) is 11.4 Å². The number of imidazole rings is 1. The second-order valence-electron chi connectivity index (χ2n) is 11.7. The van der Waals surface area contributed by atoms with Gasteiger partial charge in [0.25, 0.3) is 0 Å². The molecule has 5 nitrogen and oxygen atoms in total.